The fraction of sp³-hybridized carbons (Fsp3) is 0.444. The van der Waals surface area contributed by atoms with Crippen LogP contribution in [0.4, 0.5) is 0 Å². The van der Waals surface area contributed by atoms with Gasteiger partial charge in [-0.3, -0.25) is 9.59 Å². The van der Waals surface area contributed by atoms with Crippen molar-refractivity contribution in [1.29, 1.82) is 0 Å². The van der Waals surface area contributed by atoms with Gasteiger partial charge in [-0.2, -0.15) is 0 Å². The molecule has 2 bridgehead atoms. The van der Waals surface area contributed by atoms with E-state index in [9.17, 15) is 9.59 Å². The number of cyclic esters (lactones) is 2. The van der Waals surface area contributed by atoms with Crippen molar-refractivity contribution in [2.75, 3.05) is 0 Å². The van der Waals surface area contributed by atoms with Crippen molar-refractivity contribution >= 4 is 18.0 Å². The van der Waals surface area contributed by atoms with Crippen LogP contribution in [0.3, 0.4) is 0 Å². The molecular formula is C18H16O3. The smallest absolute Gasteiger partial charge is 0.318 e. The first-order valence-electron chi connectivity index (χ1n) is 7.73. The fourth-order valence-electron chi connectivity index (χ4n) is 5.53. The zero-order chi connectivity index (χ0) is 14.2. The second kappa shape index (κ2) is 3.65. The highest BCUT2D eigenvalue weighted by molar-refractivity contribution is 5.98. The average Bonchev–Trinajstić information content (AvgIpc) is 3.20. The van der Waals surface area contributed by atoms with Crippen LogP contribution in [-0.2, 0) is 14.3 Å². The fourth-order valence-corrected chi connectivity index (χ4v) is 5.53. The molecule has 0 N–H and O–H groups in total. The summed E-state index contributed by atoms with van der Waals surface area (Å²) < 4.78 is 4.98. The standard InChI is InChI=1S/C18H16O3/c19-16-14-11-7-8-18(9-11,15(14)17(20)21-16)13-6-5-10-3-1-2-4-12(10)13/h1-6,11,13-15H,7-9H2. The van der Waals surface area contributed by atoms with Crippen LogP contribution in [0.2, 0.25) is 0 Å². The summed E-state index contributed by atoms with van der Waals surface area (Å²) in [4.78, 5) is 24.3. The molecule has 0 radical (unpaired) electrons. The first-order chi connectivity index (χ1) is 10.2. The lowest BCUT2D eigenvalue weighted by Crippen LogP contribution is -2.37. The van der Waals surface area contributed by atoms with Crippen LogP contribution in [0.25, 0.3) is 6.08 Å². The Morgan fingerprint density at radius 3 is 2.90 bits per heavy atom. The molecule has 5 rings (SSSR count). The van der Waals surface area contributed by atoms with Gasteiger partial charge >= 0.3 is 11.9 Å². The van der Waals surface area contributed by atoms with Crippen LogP contribution in [0.5, 0.6) is 0 Å². The molecule has 3 nitrogen and oxygen atoms in total. The number of rotatable bonds is 1. The molecule has 2 saturated carbocycles. The van der Waals surface area contributed by atoms with Gasteiger partial charge < -0.3 is 4.74 Å². The van der Waals surface area contributed by atoms with E-state index in [1.165, 1.54) is 11.1 Å². The van der Waals surface area contributed by atoms with Crippen molar-refractivity contribution in [2.45, 2.75) is 25.2 Å². The maximum Gasteiger partial charge on any atom is 0.318 e. The van der Waals surface area contributed by atoms with Gasteiger partial charge in [-0.1, -0.05) is 36.4 Å². The minimum atomic E-state index is -0.273. The van der Waals surface area contributed by atoms with E-state index in [2.05, 4.69) is 30.4 Å². The molecule has 0 aromatic heterocycles. The zero-order valence-electron chi connectivity index (χ0n) is 11.6. The van der Waals surface area contributed by atoms with E-state index in [0.29, 0.717) is 5.92 Å². The summed E-state index contributed by atoms with van der Waals surface area (Å²) in [6.45, 7) is 0. The molecule has 5 atom stereocenters. The number of hydrogen-bond donors (Lipinski definition) is 0. The minimum absolute atomic E-state index is 0.0956. The molecule has 4 aliphatic rings. The summed E-state index contributed by atoms with van der Waals surface area (Å²) in [7, 11) is 0. The van der Waals surface area contributed by atoms with Gasteiger partial charge in [-0.15, -0.1) is 0 Å². The number of carbonyl (C=O) groups is 2. The number of hydrogen-bond acceptors (Lipinski definition) is 3. The maximum atomic E-state index is 12.3. The number of carbonyl (C=O) groups excluding carboxylic acids is 2. The second-order valence-corrected chi connectivity index (χ2v) is 6.95. The van der Waals surface area contributed by atoms with Gasteiger partial charge in [0.15, 0.2) is 0 Å². The Hall–Kier alpha value is -1.90. The molecule has 3 heteroatoms. The highest BCUT2D eigenvalue weighted by atomic mass is 16.6. The minimum Gasteiger partial charge on any atom is -0.393 e. The number of allylic oxidation sites excluding steroid dienone is 1. The molecule has 3 fully saturated rings. The Labute approximate surface area is 123 Å². The summed E-state index contributed by atoms with van der Waals surface area (Å²) >= 11 is 0. The highest BCUT2D eigenvalue weighted by Gasteiger charge is 2.69. The Morgan fingerprint density at radius 2 is 2.00 bits per heavy atom. The molecule has 5 unspecified atom stereocenters. The van der Waals surface area contributed by atoms with Crippen LogP contribution in [0, 0.1) is 23.2 Å². The van der Waals surface area contributed by atoms with Crippen LogP contribution in [0.1, 0.15) is 36.3 Å². The summed E-state index contributed by atoms with van der Waals surface area (Å²) in [6, 6.07) is 8.40. The lowest BCUT2D eigenvalue weighted by atomic mass is 9.63. The first kappa shape index (κ1) is 11.7. The van der Waals surface area contributed by atoms with Gasteiger partial charge in [0, 0.05) is 5.92 Å². The van der Waals surface area contributed by atoms with E-state index < -0.39 is 0 Å². The molecule has 21 heavy (non-hydrogen) atoms. The Morgan fingerprint density at radius 1 is 1.14 bits per heavy atom. The van der Waals surface area contributed by atoms with E-state index >= 15 is 0 Å². The van der Waals surface area contributed by atoms with Crippen LogP contribution in [-0.4, -0.2) is 11.9 Å². The Kier molecular flexibility index (Phi) is 2.04. The van der Waals surface area contributed by atoms with Crippen molar-refractivity contribution in [3.63, 3.8) is 0 Å². The lowest BCUT2D eigenvalue weighted by Gasteiger charge is -2.37. The van der Waals surface area contributed by atoms with Gasteiger partial charge in [0.2, 0.25) is 0 Å². The number of ether oxygens (including phenoxy) is 1. The molecule has 0 amide bonds. The van der Waals surface area contributed by atoms with Gasteiger partial charge in [0.25, 0.3) is 0 Å². The van der Waals surface area contributed by atoms with Crippen LogP contribution < -0.4 is 0 Å². The molecule has 106 valence electrons. The zero-order valence-corrected chi connectivity index (χ0v) is 11.6. The van der Waals surface area contributed by atoms with Crippen molar-refractivity contribution in [3.8, 4) is 0 Å². The molecular weight excluding hydrogens is 264 g/mol. The quantitative estimate of drug-likeness (QED) is 0.587. The second-order valence-electron chi connectivity index (χ2n) is 6.95. The molecule has 1 aromatic rings. The average molecular weight is 280 g/mol. The molecule has 1 saturated heterocycles. The van der Waals surface area contributed by atoms with E-state index in [0.717, 1.165) is 19.3 Å². The summed E-state index contributed by atoms with van der Waals surface area (Å²) in [5, 5.41) is 0. The van der Waals surface area contributed by atoms with E-state index in [1.54, 1.807) is 0 Å². The van der Waals surface area contributed by atoms with Gasteiger partial charge in [-0.05, 0) is 41.7 Å². The van der Waals surface area contributed by atoms with E-state index in [-0.39, 0.29) is 35.1 Å². The largest absolute Gasteiger partial charge is 0.393 e. The number of esters is 2. The van der Waals surface area contributed by atoms with E-state index in [1.807, 2.05) is 6.07 Å². The number of benzene rings is 1. The summed E-state index contributed by atoms with van der Waals surface area (Å²) in [5.41, 5.74) is 2.47. The monoisotopic (exact) mass is 280 g/mol. The predicted molar refractivity (Wildman–Crippen MR) is 76.1 cm³/mol. The summed E-state index contributed by atoms with van der Waals surface area (Å²) in [5.74, 6) is -0.337. The van der Waals surface area contributed by atoms with Crippen molar-refractivity contribution < 1.29 is 14.3 Å². The van der Waals surface area contributed by atoms with Gasteiger partial charge in [0.05, 0.1) is 11.8 Å². The predicted octanol–water partition coefficient (Wildman–Crippen LogP) is 2.91. The van der Waals surface area contributed by atoms with Gasteiger partial charge in [0.1, 0.15) is 0 Å². The lowest BCUT2D eigenvalue weighted by molar-refractivity contribution is -0.155. The topological polar surface area (TPSA) is 43.4 Å². The SMILES string of the molecule is O=C1OC(=O)C2C1C1CCC2(C2C=Cc3ccccc32)C1. The van der Waals surface area contributed by atoms with Crippen molar-refractivity contribution in [2.24, 2.45) is 23.2 Å². The van der Waals surface area contributed by atoms with Gasteiger partial charge in [-0.25, -0.2) is 0 Å². The molecule has 1 heterocycles. The van der Waals surface area contributed by atoms with Crippen molar-refractivity contribution in [1.82, 2.24) is 0 Å². The molecule has 3 aliphatic carbocycles. The molecule has 0 spiro atoms. The normalized spacial score (nSPS) is 42.3. The third-order valence-electron chi connectivity index (χ3n) is 6.26. The number of fused-ring (bicyclic) bond motifs is 6. The third kappa shape index (κ3) is 1.26. The molecule has 1 aliphatic heterocycles. The molecule has 1 aromatic carbocycles. The third-order valence-corrected chi connectivity index (χ3v) is 6.26. The Bertz CT molecular complexity index is 704. The van der Waals surface area contributed by atoms with E-state index in [4.69, 9.17) is 4.74 Å². The summed E-state index contributed by atoms with van der Waals surface area (Å²) in [6.07, 6.45) is 7.48. The van der Waals surface area contributed by atoms with Crippen LogP contribution >= 0.6 is 0 Å². The first-order valence-corrected chi connectivity index (χ1v) is 7.73. The van der Waals surface area contributed by atoms with Crippen molar-refractivity contribution in [3.05, 3.63) is 41.5 Å². The maximum absolute atomic E-state index is 12.3. The van der Waals surface area contributed by atoms with Crippen LogP contribution in [0.15, 0.2) is 30.3 Å². The Balaban J connectivity index is 1.65. The highest BCUT2D eigenvalue weighted by Crippen LogP contribution is 2.69.